The highest BCUT2D eigenvalue weighted by molar-refractivity contribution is 6.31. The molecular weight excluding hydrogens is 213 g/mol. The van der Waals surface area contributed by atoms with Crippen LogP contribution in [0.5, 0.6) is 0 Å². The van der Waals surface area contributed by atoms with Gasteiger partial charge in [-0.25, -0.2) is 4.39 Å². The van der Waals surface area contributed by atoms with E-state index >= 15 is 0 Å². The third-order valence-corrected chi connectivity index (χ3v) is 2.71. The first-order valence-electron chi connectivity index (χ1n) is 5.19. The van der Waals surface area contributed by atoms with Gasteiger partial charge in [0.2, 0.25) is 0 Å². The van der Waals surface area contributed by atoms with Gasteiger partial charge in [-0.3, -0.25) is 0 Å². The van der Waals surface area contributed by atoms with Gasteiger partial charge in [0.25, 0.3) is 0 Å². The minimum atomic E-state index is -0.370. The van der Waals surface area contributed by atoms with Crippen molar-refractivity contribution in [3.8, 4) is 0 Å². The first-order valence-corrected chi connectivity index (χ1v) is 5.57. The van der Waals surface area contributed by atoms with Gasteiger partial charge in [0, 0.05) is 6.04 Å². The normalized spacial score (nSPS) is 13.2. The zero-order valence-corrected chi connectivity index (χ0v) is 9.89. The summed E-state index contributed by atoms with van der Waals surface area (Å²) >= 11 is 5.84. The molecule has 0 bridgehead atoms. The van der Waals surface area contributed by atoms with E-state index in [-0.39, 0.29) is 16.9 Å². The van der Waals surface area contributed by atoms with Crippen molar-refractivity contribution in [2.45, 2.75) is 32.7 Å². The number of nitrogens with two attached hydrogens (primary N) is 1. The molecule has 0 aliphatic rings. The van der Waals surface area contributed by atoms with E-state index in [4.69, 9.17) is 17.3 Å². The Balaban J connectivity index is 2.68. The summed E-state index contributed by atoms with van der Waals surface area (Å²) in [7, 11) is 0. The van der Waals surface area contributed by atoms with Gasteiger partial charge in [-0.2, -0.15) is 0 Å². The van der Waals surface area contributed by atoms with Crippen LogP contribution in [0.4, 0.5) is 4.39 Å². The van der Waals surface area contributed by atoms with Gasteiger partial charge in [0.1, 0.15) is 5.82 Å². The summed E-state index contributed by atoms with van der Waals surface area (Å²) in [6.07, 6.45) is 1.56. The van der Waals surface area contributed by atoms with Gasteiger partial charge in [0.15, 0.2) is 0 Å². The lowest BCUT2D eigenvalue weighted by Crippen LogP contribution is -2.24. The molecule has 1 aromatic carbocycles. The molecule has 0 radical (unpaired) electrons. The van der Waals surface area contributed by atoms with Gasteiger partial charge in [-0.1, -0.05) is 37.6 Å². The maximum atomic E-state index is 13.1. The molecule has 0 aromatic heterocycles. The molecule has 1 aromatic rings. The van der Waals surface area contributed by atoms with Gasteiger partial charge in [-0.05, 0) is 30.4 Å². The molecule has 1 unspecified atom stereocenters. The lowest BCUT2D eigenvalue weighted by Gasteiger charge is -2.14. The Hall–Kier alpha value is -0.600. The Morgan fingerprint density at radius 1 is 1.40 bits per heavy atom. The third kappa shape index (κ3) is 3.80. The van der Waals surface area contributed by atoms with Crippen molar-refractivity contribution in [2.24, 2.45) is 11.7 Å². The highest BCUT2D eigenvalue weighted by atomic mass is 35.5. The Bertz CT molecular complexity index is 325. The van der Waals surface area contributed by atoms with Gasteiger partial charge >= 0.3 is 0 Å². The molecule has 0 saturated carbocycles. The van der Waals surface area contributed by atoms with E-state index in [0.717, 1.165) is 12.0 Å². The largest absolute Gasteiger partial charge is 0.327 e. The van der Waals surface area contributed by atoms with E-state index in [1.54, 1.807) is 6.07 Å². The average Bonchev–Trinajstić information content (AvgIpc) is 2.11. The van der Waals surface area contributed by atoms with Crippen LogP contribution >= 0.6 is 11.6 Å². The molecule has 0 saturated heterocycles. The Morgan fingerprint density at radius 2 is 2.07 bits per heavy atom. The molecule has 84 valence electrons. The van der Waals surface area contributed by atoms with E-state index < -0.39 is 0 Å². The molecule has 0 aliphatic heterocycles. The summed E-state index contributed by atoms with van der Waals surface area (Å²) in [6, 6.07) is 4.90. The summed E-state index contributed by atoms with van der Waals surface area (Å²) in [5, 5.41) is 0.205. The molecule has 0 spiro atoms. The molecule has 1 rings (SSSR count). The average molecular weight is 230 g/mol. The van der Waals surface area contributed by atoms with Crippen LogP contribution in [0.25, 0.3) is 0 Å². The van der Waals surface area contributed by atoms with Crippen molar-refractivity contribution in [3.63, 3.8) is 0 Å². The zero-order valence-electron chi connectivity index (χ0n) is 9.13. The van der Waals surface area contributed by atoms with Crippen molar-refractivity contribution in [3.05, 3.63) is 34.6 Å². The first-order chi connectivity index (χ1) is 7.00. The Labute approximate surface area is 95.4 Å². The van der Waals surface area contributed by atoms with Crippen molar-refractivity contribution in [1.82, 2.24) is 0 Å². The predicted molar refractivity (Wildman–Crippen MR) is 62.5 cm³/mol. The van der Waals surface area contributed by atoms with Crippen molar-refractivity contribution < 1.29 is 4.39 Å². The van der Waals surface area contributed by atoms with Crippen molar-refractivity contribution in [2.75, 3.05) is 0 Å². The molecule has 1 nitrogen and oxygen atoms in total. The van der Waals surface area contributed by atoms with Crippen LogP contribution in [0.15, 0.2) is 18.2 Å². The quantitative estimate of drug-likeness (QED) is 0.842. The van der Waals surface area contributed by atoms with Crippen LogP contribution in [0.3, 0.4) is 0 Å². The second kappa shape index (κ2) is 5.47. The van der Waals surface area contributed by atoms with E-state index in [0.29, 0.717) is 12.3 Å². The fourth-order valence-corrected chi connectivity index (χ4v) is 1.88. The van der Waals surface area contributed by atoms with E-state index in [1.807, 2.05) is 6.07 Å². The van der Waals surface area contributed by atoms with Crippen LogP contribution < -0.4 is 5.73 Å². The molecule has 0 heterocycles. The smallest absolute Gasteiger partial charge is 0.142 e. The maximum Gasteiger partial charge on any atom is 0.142 e. The zero-order chi connectivity index (χ0) is 11.4. The van der Waals surface area contributed by atoms with Gasteiger partial charge < -0.3 is 5.73 Å². The maximum absolute atomic E-state index is 13.1. The summed E-state index contributed by atoms with van der Waals surface area (Å²) in [5.41, 5.74) is 6.74. The molecule has 0 fully saturated rings. The number of hydrogen-bond acceptors (Lipinski definition) is 1. The van der Waals surface area contributed by atoms with Crippen LogP contribution in [-0.2, 0) is 6.42 Å². The minimum absolute atomic E-state index is 0.0456. The molecule has 1 atom stereocenters. The topological polar surface area (TPSA) is 26.0 Å². The van der Waals surface area contributed by atoms with Crippen molar-refractivity contribution >= 4 is 11.6 Å². The number of hydrogen-bond donors (Lipinski definition) is 1. The lowest BCUT2D eigenvalue weighted by molar-refractivity contribution is 0.492. The predicted octanol–water partition coefficient (Wildman–Crippen LogP) is 3.40. The summed E-state index contributed by atoms with van der Waals surface area (Å²) in [4.78, 5) is 0. The second-order valence-corrected chi connectivity index (χ2v) is 4.68. The monoisotopic (exact) mass is 229 g/mol. The standard InChI is InChI=1S/C12H17ClFN/c1-8(2)6-10(15)7-9-4-3-5-11(14)12(9)13/h3-5,8,10H,6-7,15H2,1-2H3. The number of halogens is 2. The fraction of sp³-hybridized carbons (Fsp3) is 0.500. The molecule has 0 aliphatic carbocycles. The minimum Gasteiger partial charge on any atom is -0.327 e. The number of rotatable bonds is 4. The highest BCUT2D eigenvalue weighted by Gasteiger charge is 2.11. The fourth-order valence-electron chi connectivity index (χ4n) is 1.68. The molecule has 15 heavy (non-hydrogen) atoms. The summed E-state index contributed by atoms with van der Waals surface area (Å²) in [5.74, 6) is 0.179. The molecule has 2 N–H and O–H groups in total. The van der Waals surface area contributed by atoms with Gasteiger partial charge in [0.05, 0.1) is 5.02 Å². The third-order valence-electron chi connectivity index (χ3n) is 2.29. The summed E-state index contributed by atoms with van der Waals surface area (Å²) < 4.78 is 13.1. The van der Waals surface area contributed by atoms with E-state index in [9.17, 15) is 4.39 Å². The summed E-state index contributed by atoms with van der Waals surface area (Å²) in [6.45, 7) is 4.24. The second-order valence-electron chi connectivity index (χ2n) is 4.31. The van der Waals surface area contributed by atoms with Crippen LogP contribution in [0.2, 0.25) is 5.02 Å². The van der Waals surface area contributed by atoms with Crippen LogP contribution in [-0.4, -0.2) is 6.04 Å². The molecule has 3 heteroatoms. The molecular formula is C12H17ClFN. The Kier molecular flexibility index (Phi) is 4.55. The number of benzene rings is 1. The SMILES string of the molecule is CC(C)CC(N)Cc1cccc(F)c1Cl. The van der Waals surface area contributed by atoms with E-state index in [2.05, 4.69) is 13.8 Å². The van der Waals surface area contributed by atoms with Crippen molar-refractivity contribution in [1.29, 1.82) is 0 Å². The van der Waals surface area contributed by atoms with Gasteiger partial charge in [-0.15, -0.1) is 0 Å². The van der Waals surface area contributed by atoms with Crippen LogP contribution in [0.1, 0.15) is 25.8 Å². The van der Waals surface area contributed by atoms with Crippen LogP contribution in [0, 0.1) is 11.7 Å². The Morgan fingerprint density at radius 3 is 2.67 bits per heavy atom. The first kappa shape index (κ1) is 12.5. The molecule has 0 amide bonds. The highest BCUT2D eigenvalue weighted by Crippen LogP contribution is 2.21. The lowest BCUT2D eigenvalue weighted by atomic mass is 9.98. The van der Waals surface area contributed by atoms with E-state index in [1.165, 1.54) is 6.07 Å².